The highest BCUT2D eigenvalue weighted by atomic mass is 35.5. The number of esters is 1. The molecule has 7 nitrogen and oxygen atoms in total. The Balaban J connectivity index is 2.11. The van der Waals surface area contributed by atoms with Crippen LogP contribution in [-0.4, -0.2) is 29.4 Å². The monoisotopic (exact) mass is 347 g/mol. The number of rotatable bonds is 4. The van der Waals surface area contributed by atoms with Crippen LogP contribution in [0.5, 0.6) is 0 Å². The first kappa shape index (κ1) is 17.4. The average Bonchev–Trinajstić information content (AvgIpc) is 2.57. The van der Waals surface area contributed by atoms with Crippen LogP contribution in [0.15, 0.2) is 42.6 Å². The second kappa shape index (κ2) is 8.07. The third-order valence-electron chi connectivity index (χ3n) is 2.88. The van der Waals surface area contributed by atoms with Crippen molar-refractivity contribution in [3.05, 3.63) is 53.3 Å². The number of para-hydroxylation sites is 1. The quantitative estimate of drug-likeness (QED) is 0.503. The number of aromatic nitrogens is 1. The number of hydrogen-bond acceptors (Lipinski definition) is 5. The molecule has 0 aliphatic rings. The van der Waals surface area contributed by atoms with E-state index in [9.17, 15) is 14.4 Å². The zero-order valence-electron chi connectivity index (χ0n) is 12.7. The zero-order chi connectivity index (χ0) is 17.5. The minimum atomic E-state index is -0.952. The third kappa shape index (κ3) is 4.30. The van der Waals surface area contributed by atoms with Crippen molar-refractivity contribution >= 4 is 40.8 Å². The molecule has 2 amide bonds. The van der Waals surface area contributed by atoms with Crippen molar-refractivity contribution in [2.75, 3.05) is 17.2 Å². The SMILES string of the molecule is CCOC(=O)c1ccccc1NC(=O)C(=O)Nc1cccnc1Cl. The van der Waals surface area contributed by atoms with Gasteiger partial charge in [0, 0.05) is 6.20 Å². The Kier molecular flexibility index (Phi) is 5.86. The molecule has 2 rings (SSSR count). The van der Waals surface area contributed by atoms with Gasteiger partial charge in [0.05, 0.1) is 23.5 Å². The summed E-state index contributed by atoms with van der Waals surface area (Å²) >= 11 is 5.82. The van der Waals surface area contributed by atoms with E-state index < -0.39 is 17.8 Å². The first-order chi connectivity index (χ1) is 11.5. The predicted molar refractivity (Wildman–Crippen MR) is 88.9 cm³/mol. The molecule has 124 valence electrons. The predicted octanol–water partition coefficient (Wildman–Crippen LogP) is 2.49. The van der Waals surface area contributed by atoms with E-state index in [0.29, 0.717) is 0 Å². The molecule has 24 heavy (non-hydrogen) atoms. The number of ether oxygens (including phenoxy) is 1. The highest BCUT2D eigenvalue weighted by Crippen LogP contribution is 2.18. The molecule has 0 fully saturated rings. The molecule has 0 aliphatic carbocycles. The van der Waals surface area contributed by atoms with Gasteiger partial charge in [-0.1, -0.05) is 23.7 Å². The van der Waals surface area contributed by atoms with Crippen LogP contribution in [0.1, 0.15) is 17.3 Å². The van der Waals surface area contributed by atoms with Crippen LogP contribution in [0.4, 0.5) is 11.4 Å². The number of pyridine rings is 1. The fourth-order valence-electron chi connectivity index (χ4n) is 1.82. The van der Waals surface area contributed by atoms with Gasteiger partial charge in [0.2, 0.25) is 0 Å². The summed E-state index contributed by atoms with van der Waals surface area (Å²) in [5, 5.41) is 4.78. The third-order valence-corrected chi connectivity index (χ3v) is 3.19. The number of benzene rings is 1. The molecule has 1 aromatic carbocycles. The van der Waals surface area contributed by atoms with Gasteiger partial charge >= 0.3 is 17.8 Å². The zero-order valence-corrected chi connectivity index (χ0v) is 13.5. The maximum absolute atomic E-state index is 12.0. The number of anilines is 2. The highest BCUT2D eigenvalue weighted by Gasteiger charge is 2.19. The number of carbonyl (C=O) groups excluding carboxylic acids is 3. The van der Waals surface area contributed by atoms with Crippen molar-refractivity contribution in [1.82, 2.24) is 4.98 Å². The summed E-state index contributed by atoms with van der Waals surface area (Å²) < 4.78 is 4.91. The average molecular weight is 348 g/mol. The second-order valence-electron chi connectivity index (χ2n) is 4.52. The van der Waals surface area contributed by atoms with E-state index in [1.54, 1.807) is 25.1 Å². The first-order valence-electron chi connectivity index (χ1n) is 7.02. The largest absolute Gasteiger partial charge is 0.462 e. The molecular weight excluding hydrogens is 334 g/mol. The van der Waals surface area contributed by atoms with Crippen molar-refractivity contribution in [3.8, 4) is 0 Å². The van der Waals surface area contributed by atoms with Gasteiger partial charge in [0.25, 0.3) is 0 Å². The van der Waals surface area contributed by atoms with Gasteiger partial charge in [-0.2, -0.15) is 0 Å². The van der Waals surface area contributed by atoms with Crippen LogP contribution in [0, 0.1) is 0 Å². The number of hydrogen-bond donors (Lipinski definition) is 2. The molecule has 2 N–H and O–H groups in total. The van der Waals surface area contributed by atoms with Crippen LogP contribution >= 0.6 is 11.6 Å². The molecule has 1 heterocycles. The van der Waals surface area contributed by atoms with E-state index in [1.807, 2.05) is 0 Å². The molecule has 0 atom stereocenters. The Labute approximate surface area is 143 Å². The first-order valence-corrected chi connectivity index (χ1v) is 7.39. The molecular formula is C16H14ClN3O4. The maximum Gasteiger partial charge on any atom is 0.340 e. The lowest BCUT2D eigenvalue weighted by Gasteiger charge is -2.10. The fraction of sp³-hybridized carbons (Fsp3) is 0.125. The van der Waals surface area contributed by atoms with Gasteiger partial charge in [0.15, 0.2) is 5.15 Å². The topological polar surface area (TPSA) is 97.4 Å². The van der Waals surface area contributed by atoms with Crippen LogP contribution in [-0.2, 0) is 14.3 Å². The molecule has 0 radical (unpaired) electrons. The highest BCUT2D eigenvalue weighted by molar-refractivity contribution is 6.44. The standard InChI is InChI=1S/C16H14ClN3O4/c1-2-24-16(23)10-6-3-4-7-11(10)19-14(21)15(22)20-12-8-5-9-18-13(12)17/h3-9H,2H2,1H3,(H,19,21)(H,20,22). The lowest BCUT2D eigenvalue weighted by Crippen LogP contribution is -2.30. The van der Waals surface area contributed by atoms with Crippen molar-refractivity contribution in [2.24, 2.45) is 0 Å². The number of halogens is 1. The van der Waals surface area contributed by atoms with E-state index >= 15 is 0 Å². The molecule has 0 bridgehead atoms. The summed E-state index contributed by atoms with van der Waals surface area (Å²) in [6, 6.07) is 9.30. The maximum atomic E-state index is 12.0. The summed E-state index contributed by atoms with van der Waals surface area (Å²) in [6.07, 6.45) is 1.45. The Hall–Kier alpha value is -2.93. The molecule has 0 saturated carbocycles. The van der Waals surface area contributed by atoms with Gasteiger partial charge in [0.1, 0.15) is 0 Å². The van der Waals surface area contributed by atoms with Crippen LogP contribution < -0.4 is 10.6 Å². The van der Waals surface area contributed by atoms with Crippen molar-refractivity contribution in [1.29, 1.82) is 0 Å². The number of nitrogens with zero attached hydrogens (tertiary/aromatic N) is 1. The number of carbonyl (C=O) groups is 3. The van der Waals surface area contributed by atoms with E-state index in [1.165, 1.54) is 24.4 Å². The summed E-state index contributed by atoms with van der Waals surface area (Å²) in [5.74, 6) is -2.49. The minimum Gasteiger partial charge on any atom is -0.462 e. The summed E-state index contributed by atoms with van der Waals surface area (Å²) in [7, 11) is 0. The van der Waals surface area contributed by atoms with Gasteiger partial charge in [-0.25, -0.2) is 9.78 Å². The molecule has 0 unspecified atom stereocenters. The Morgan fingerprint density at radius 1 is 1.04 bits per heavy atom. The van der Waals surface area contributed by atoms with Crippen LogP contribution in [0.3, 0.4) is 0 Å². The summed E-state index contributed by atoms with van der Waals surface area (Å²) in [5.41, 5.74) is 0.534. The van der Waals surface area contributed by atoms with E-state index in [2.05, 4.69) is 15.6 Å². The van der Waals surface area contributed by atoms with Crippen LogP contribution in [0.25, 0.3) is 0 Å². The van der Waals surface area contributed by atoms with Crippen molar-refractivity contribution in [3.63, 3.8) is 0 Å². The minimum absolute atomic E-state index is 0.0607. The second-order valence-corrected chi connectivity index (χ2v) is 4.87. The van der Waals surface area contributed by atoms with E-state index in [-0.39, 0.29) is 28.7 Å². The summed E-state index contributed by atoms with van der Waals surface area (Å²) in [4.78, 5) is 39.6. The lowest BCUT2D eigenvalue weighted by molar-refractivity contribution is -0.133. The van der Waals surface area contributed by atoms with Gasteiger partial charge in [-0.05, 0) is 31.2 Å². The van der Waals surface area contributed by atoms with Crippen molar-refractivity contribution in [2.45, 2.75) is 6.92 Å². The molecule has 0 aliphatic heterocycles. The van der Waals surface area contributed by atoms with Gasteiger partial charge in [-0.15, -0.1) is 0 Å². The van der Waals surface area contributed by atoms with Crippen LogP contribution in [0.2, 0.25) is 5.15 Å². The molecule has 0 saturated heterocycles. The summed E-state index contributed by atoms with van der Waals surface area (Å²) in [6.45, 7) is 1.87. The Bertz CT molecular complexity index is 779. The molecule has 2 aromatic rings. The Morgan fingerprint density at radius 3 is 2.33 bits per heavy atom. The van der Waals surface area contributed by atoms with E-state index in [0.717, 1.165) is 0 Å². The molecule has 0 spiro atoms. The molecule has 8 heteroatoms. The van der Waals surface area contributed by atoms with E-state index in [4.69, 9.17) is 16.3 Å². The molecule has 1 aromatic heterocycles. The number of amides is 2. The van der Waals surface area contributed by atoms with Gasteiger partial charge in [-0.3, -0.25) is 9.59 Å². The number of nitrogens with one attached hydrogen (secondary N) is 2. The van der Waals surface area contributed by atoms with Crippen molar-refractivity contribution < 1.29 is 19.1 Å². The van der Waals surface area contributed by atoms with Gasteiger partial charge < -0.3 is 15.4 Å². The lowest BCUT2D eigenvalue weighted by atomic mass is 10.2. The Morgan fingerprint density at radius 2 is 1.67 bits per heavy atom. The fourth-order valence-corrected chi connectivity index (χ4v) is 1.98. The smallest absolute Gasteiger partial charge is 0.340 e. The normalized spacial score (nSPS) is 9.92.